The minimum atomic E-state index is -0.201. The second kappa shape index (κ2) is 6.70. The van der Waals surface area contributed by atoms with Crippen LogP contribution >= 0.6 is 0 Å². The summed E-state index contributed by atoms with van der Waals surface area (Å²) < 4.78 is 13.4. The highest BCUT2D eigenvalue weighted by Crippen LogP contribution is 2.09. The van der Waals surface area contributed by atoms with Crippen molar-refractivity contribution in [1.29, 1.82) is 0 Å². The van der Waals surface area contributed by atoms with E-state index in [0.717, 1.165) is 11.3 Å². The van der Waals surface area contributed by atoms with Crippen molar-refractivity contribution in [2.45, 2.75) is 13.3 Å². The second-order valence-corrected chi connectivity index (χ2v) is 4.60. The number of nitrogens with zero attached hydrogens (tertiary/aromatic N) is 1. The Morgan fingerprint density at radius 1 is 1.20 bits per heavy atom. The molecular formula is C16H18FN3. The largest absolute Gasteiger partial charge is 0.370 e. The van der Waals surface area contributed by atoms with Crippen molar-refractivity contribution in [2.24, 2.45) is 10.7 Å². The van der Waals surface area contributed by atoms with Gasteiger partial charge < -0.3 is 11.1 Å². The molecule has 0 amide bonds. The van der Waals surface area contributed by atoms with Crippen LogP contribution in [0.15, 0.2) is 53.5 Å². The first-order valence-corrected chi connectivity index (χ1v) is 6.52. The number of halogens is 1. The van der Waals surface area contributed by atoms with Crippen LogP contribution in [0.4, 0.5) is 10.1 Å². The van der Waals surface area contributed by atoms with Crippen molar-refractivity contribution in [3.8, 4) is 0 Å². The first-order chi connectivity index (χ1) is 9.65. The number of hydrogen-bond donors (Lipinski definition) is 2. The molecule has 0 radical (unpaired) electrons. The molecule has 0 unspecified atom stereocenters. The van der Waals surface area contributed by atoms with Crippen LogP contribution in [0.3, 0.4) is 0 Å². The Bertz CT molecular complexity index is 608. The fourth-order valence-electron chi connectivity index (χ4n) is 1.91. The summed E-state index contributed by atoms with van der Waals surface area (Å²) in [6.07, 6.45) is 0.531. The number of guanidine groups is 1. The maximum Gasteiger partial charge on any atom is 0.193 e. The van der Waals surface area contributed by atoms with E-state index in [0.29, 0.717) is 24.5 Å². The Hall–Kier alpha value is -2.36. The van der Waals surface area contributed by atoms with Gasteiger partial charge in [0.25, 0.3) is 0 Å². The highest BCUT2D eigenvalue weighted by Gasteiger charge is 2.00. The second-order valence-electron chi connectivity index (χ2n) is 4.60. The summed E-state index contributed by atoms with van der Waals surface area (Å²) >= 11 is 0. The maximum absolute atomic E-state index is 13.4. The molecule has 4 heteroatoms. The van der Waals surface area contributed by atoms with Gasteiger partial charge in [0.05, 0.1) is 0 Å². The monoisotopic (exact) mass is 271 g/mol. The Kier molecular flexibility index (Phi) is 4.71. The van der Waals surface area contributed by atoms with E-state index in [4.69, 9.17) is 5.73 Å². The number of nitrogens with one attached hydrogen (secondary N) is 1. The smallest absolute Gasteiger partial charge is 0.193 e. The highest BCUT2D eigenvalue weighted by molar-refractivity contribution is 5.92. The summed E-state index contributed by atoms with van der Waals surface area (Å²) in [5.74, 6) is 0.139. The van der Waals surface area contributed by atoms with Crippen molar-refractivity contribution >= 4 is 11.6 Å². The van der Waals surface area contributed by atoms with E-state index in [9.17, 15) is 4.39 Å². The molecule has 0 bridgehead atoms. The molecule has 0 aliphatic carbocycles. The van der Waals surface area contributed by atoms with Gasteiger partial charge >= 0.3 is 0 Å². The van der Waals surface area contributed by atoms with Crippen LogP contribution in [-0.4, -0.2) is 12.5 Å². The Morgan fingerprint density at radius 2 is 2.00 bits per heavy atom. The van der Waals surface area contributed by atoms with Gasteiger partial charge in [-0.1, -0.05) is 30.3 Å². The van der Waals surface area contributed by atoms with E-state index in [-0.39, 0.29) is 5.82 Å². The van der Waals surface area contributed by atoms with Gasteiger partial charge in [0.1, 0.15) is 5.82 Å². The number of aryl methyl sites for hydroxylation is 1. The lowest BCUT2D eigenvalue weighted by atomic mass is 10.1. The fourth-order valence-corrected chi connectivity index (χ4v) is 1.91. The maximum atomic E-state index is 13.4. The summed E-state index contributed by atoms with van der Waals surface area (Å²) in [6.45, 7) is 2.46. The molecule has 0 aromatic heterocycles. The molecule has 2 aromatic rings. The van der Waals surface area contributed by atoms with E-state index >= 15 is 0 Å². The van der Waals surface area contributed by atoms with E-state index in [1.807, 2.05) is 37.3 Å². The lowest BCUT2D eigenvalue weighted by molar-refractivity contribution is 0.609. The van der Waals surface area contributed by atoms with Gasteiger partial charge in [0.2, 0.25) is 0 Å². The van der Waals surface area contributed by atoms with E-state index in [1.54, 1.807) is 12.1 Å². The van der Waals surface area contributed by atoms with Gasteiger partial charge in [-0.15, -0.1) is 0 Å². The normalized spacial score (nSPS) is 11.4. The van der Waals surface area contributed by atoms with Crippen molar-refractivity contribution in [2.75, 3.05) is 11.9 Å². The van der Waals surface area contributed by atoms with Crippen molar-refractivity contribution in [3.05, 3.63) is 65.5 Å². The lowest BCUT2D eigenvalue weighted by Crippen LogP contribution is -2.23. The zero-order valence-electron chi connectivity index (χ0n) is 11.4. The topological polar surface area (TPSA) is 50.4 Å². The molecule has 3 N–H and O–H groups in total. The van der Waals surface area contributed by atoms with E-state index in [1.165, 1.54) is 6.07 Å². The number of aliphatic imine (C=N–C) groups is 1. The average molecular weight is 271 g/mol. The molecule has 0 aliphatic rings. The van der Waals surface area contributed by atoms with Crippen molar-refractivity contribution in [1.82, 2.24) is 0 Å². The Labute approximate surface area is 118 Å². The Morgan fingerprint density at radius 3 is 2.75 bits per heavy atom. The quantitative estimate of drug-likeness (QED) is 0.663. The zero-order chi connectivity index (χ0) is 14.4. The third-order valence-corrected chi connectivity index (χ3v) is 2.91. The van der Waals surface area contributed by atoms with Crippen LogP contribution in [0, 0.1) is 12.7 Å². The fraction of sp³-hybridized carbons (Fsp3) is 0.188. The molecule has 0 aliphatic heterocycles. The SMILES string of the molecule is Cc1cccc(NC(N)=NCCc2ccccc2F)c1. The van der Waals surface area contributed by atoms with E-state index < -0.39 is 0 Å². The molecule has 0 saturated carbocycles. The van der Waals surface area contributed by atoms with Crippen LogP contribution in [0.25, 0.3) is 0 Å². The molecule has 2 rings (SSSR count). The molecular weight excluding hydrogens is 253 g/mol. The number of hydrogen-bond acceptors (Lipinski definition) is 1. The minimum Gasteiger partial charge on any atom is -0.370 e. The van der Waals surface area contributed by atoms with Crippen LogP contribution in [0.1, 0.15) is 11.1 Å². The first kappa shape index (κ1) is 14.1. The van der Waals surface area contributed by atoms with Gasteiger partial charge in [-0.3, -0.25) is 4.99 Å². The summed E-state index contributed by atoms with van der Waals surface area (Å²) in [4.78, 5) is 4.20. The Balaban J connectivity index is 1.90. The number of benzene rings is 2. The predicted molar refractivity (Wildman–Crippen MR) is 81.4 cm³/mol. The number of nitrogens with two attached hydrogens (primary N) is 1. The summed E-state index contributed by atoms with van der Waals surface area (Å²) in [5, 5.41) is 3.02. The van der Waals surface area contributed by atoms with Crippen LogP contribution in [-0.2, 0) is 6.42 Å². The first-order valence-electron chi connectivity index (χ1n) is 6.52. The van der Waals surface area contributed by atoms with Crippen LogP contribution in [0.5, 0.6) is 0 Å². The molecule has 0 atom stereocenters. The molecule has 0 heterocycles. The molecule has 104 valence electrons. The molecule has 3 nitrogen and oxygen atoms in total. The van der Waals surface area contributed by atoms with Gasteiger partial charge in [-0.25, -0.2) is 4.39 Å². The average Bonchev–Trinajstić information content (AvgIpc) is 2.41. The molecule has 2 aromatic carbocycles. The number of anilines is 1. The van der Waals surface area contributed by atoms with Crippen molar-refractivity contribution < 1.29 is 4.39 Å². The summed E-state index contributed by atoms with van der Waals surface area (Å²) in [6, 6.07) is 14.6. The number of rotatable bonds is 4. The molecule has 0 spiro atoms. The van der Waals surface area contributed by atoms with Gasteiger partial charge in [0, 0.05) is 12.2 Å². The molecule has 0 fully saturated rings. The predicted octanol–water partition coefficient (Wildman–Crippen LogP) is 3.10. The highest BCUT2D eigenvalue weighted by atomic mass is 19.1. The van der Waals surface area contributed by atoms with Crippen LogP contribution in [0.2, 0.25) is 0 Å². The van der Waals surface area contributed by atoms with Gasteiger partial charge in [-0.2, -0.15) is 0 Å². The zero-order valence-corrected chi connectivity index (χ0v) is 11.4. The van der Waals surface area contributed by atoms with Crippen LogP contribution < -0.4 is 11.1 Å². The van der Waals surface area contributed by atoms with Gasteiger partial charge in [-0.05, 0) is 42.7 Å². The summed E-state index contributed by atoms with van der Waals surface area (Å²) in [7, 11) is 0. The third kappa shape index (κ3) is 4.09. The van der Waals surface area contributed by atoms with Gasteiger partial charge in [0.15, 0.2) is 5.96 Å². The molecule has 0 saturated heterocycles. The lowest BCUT2D eigenvalue weighted by Gasteiger charge is -2.06. The minimum absolute atomic E-state index is 0.201. The molecule has 20 heavy (non-hydrogen) atoms. The van der Waals surface area contributed by atoms with E-state index in [2.05, 4.69) is 10.3 Å². The van der Waals surface area contributed by atoms with Crippen molar-refractivity contribution in [3.63, 3.8) is 0 Å². The summed E-state index contributed by atoms with van der Waals surface area (Å²) in [5.41, 5.74) is 8.50. The third-order valence-electron chi connectivity index (χ3n) is 2.91. The standard InChI is InChI=1S/C16H18FN3/c1-12-5-4-7-14(11-12)20-16(18)19-10-9-13-6-2-3-8-15(13)17/h2-8,11H,9-10H2,1H3,(H3,18,19,20).